The zero-order valence-electron chi connectivity index (χ0n) is 14.4. The molecule has 0 fully saturated rings. The van der Waals surface area contributed by atoms with Gasteiger partial charge >= 0.3 is 0 Å². The predicted molar refractivity (Wildman–Crippen MR) is 104 cm³/mol. The minimum absolute atomic E-state index is 0.544. The number of benzene rings is 1. The minimum atomic E-state index is 0.544. The van der Waals surface area contributed by atoms with Crippen molar-refractivity contribution in [3.63, 3.8) is 0 Å². The number of nitrogens with zero attached hydrogens (tertiary/aromatic N) is 1. The third-order valence-electron chi connectivity index (χ3n) is 4.70. The lowest BCUT2D eigenvalue weighted by molar-refractivity contribution is 0.492. The van der Waals surface area contributed by atoms with Gasteiger partial charge in [-0.1, -0.05) is 6.07 Å². The molecule has 0 aliphatic heterocycles. The van der Waals surface area contributed by atoms with Crippen molar-refractivity contribution in [1.29, 1.82) is 0 Å². The maximum atomic E-state index is 6.02. The third kappa shape index (κ3) is 3.85. The number of pyridine rings is 1. The number of ether oxygens (including phenoxy) is 1. The minimum Gasteiger partial charge on any atom is -0.447 e. The number of rotatable bonds is 5. The molecule has 2 heterocycles. The average molecular weight is 350 g/mol. The van der Waals surface area contributed by atoms with Crippen molar-refractivity contribution in [2.45, 2.75) is 32.1 Å². The second kappa shape index (κ2) is 7.28. The van der Waals surface area contributed by atoms with E-state index in [0.29, 0.717) is 5.92 Å². The van der Waals surface area contributed by atoms with Gasteiger partial charge in [0.1, 0.15) is 5.75 Å². The lowest BCUT2D eigenvalue weighted by Gasteiger charge is -2.26. The molecule has 0 saturated heterocycles. The molecule has 0 radical (unpaired) electrons. The van der Waals surface area contributed by atoms with Crippen LogP contribution >= 0.6 is 11.3 Å². The van der Waals surface area contributed by atoms with Gasteiger partial charge in [-0.05, 0) is 73.7 Å². The summed E-state index contributed by atoms with van der Waals surface area (Å²) in [6.45, 7) is 3.05. The van der Waals surface area contributed by atoms with E-state index in [0.717, 1.165) is 29.5 Å². The molecule has 25 heavy (non-hydrogen) atoms. The molecule has 1 aliphatic carbocycles. The summed E-state index contributed by atoms with van der Waals surface area (Å²) in [5.74, 6) is 1.49. The van der Waals surface area contributed by atoms with Crippen molar-refractivity contribution >= 4 is 17.0 Å². The fourth-order valence-corrected chi connectivity index (χ4v) is 4.19. The lowest BCUT2D eigenvalue weighted by atomic mass is 9.82. The molecule has 1 N–H and O–H groups in total. The van der Waals surface area contributed by atoms with Gasteiger partial charge in [0.2, 0.25) is 0 Å². The van der Waals surface area contributed by atoms with E-state index in [1.807, 2.05) is 18.3 Å². The third-order valence-corrected chi connectivity index (χ3v) is 5.58. The van der Waals surface area contributed by atoms with Crippen molar-refractivity contribution in [3.8, 4) is 10.8 Å². The Morgan fingerprint density at radius 1 is 1.24 bits per heavy atom. The van der Waals surface area contributed by atoms with Gasteiger partial charge in [-0.2, -0.15) is 0 Å². The standard InChI is InChI=1S/C21H22N2OS/c1-15-7-10-21(25-15)24-19-8-9-20-16(12-19)4-2-5-17(20)13-23-18-6-3-11-22-14-18/h3,6-12,14,17,23H,2,4-5,13H2,1H3. The molecule has 4 rings (SSSR count). The Morgan fingerprint density at radius 2 is 2.20 bits per heavy atom. The number of nitrogens with one attached hydrogen (secondary N) is 1. The summed E-state index contributed by atoms with van der Waals surface area (Å²) in [5, 5.41) is 4.48. The van der Waals surface area contributed by atoms with Crippen molar-refractivity contribution in [3.05, 3.63) is 70.9 Å². The first-order valence-electron chi connectivity index (χ1n) is 8.79. The van der Waals surface area contributed by atoms with E-state index in [4.69, 9.17) is 4.74 Å². The molecule has 1 atom stereocenters. The molecular weight excluding hydrogens is 328 g/mol. The number of anilines is 1. The van der Waals surface area contributed by atoms with Crippen LogP contribution in [-0.4, -0.2) is 11.5 Å². The SMILES string of the molecule is Cc1ccc(Oc2ccc3c(c2)CCCC3CNc2cccnc2)s1. The number of aryl methyl sites for hydroxylation is 2. The summed E-state index contributed by atoms with van der Waals surface area (Å²) in [6.07, 6.45) is 7.28. The monoisotopic (exact) mass is 350 g/mol. The Labute approximate surface area is 152 Å². The maximum Gasteiger partial charge on any atom is 0.181 e. The van der Waals surface area contributed by atoms with Gasteiger partial charge in [-0.15, -0.1) is 11.3 Å². The van der Waals surface area contributed by atoms with Gasteiger partial charge < -0.3 is 10.1 Å². The molecule has 1 unspecified atom stereocenters. The first-order chi connectivity index (χ1) is 12.3. The van der Waals surface area contributed by atoms with Gasteiger partial charge in [-0.25, -0.2) is 0 Å². The van der Waals surface area contributed by atoms with E-state index in [2.05, 4.69) is 47.6 Å². The van der Waals surface area contributed by atoms with Gasteiger partial charge in [0, 0.05) is 29.7 Å². The van der Waals surface area contributed by atoms with Crippen molar-refractivity contribution < 1.29 is 4.74 Å². The number of aromatic nitrogens is 1. The molecule has 128 valence electrons. The van der Waals surface area contributed by atoms with Crippen molar-refractivity contribution in [1.82, 2.24) is 4.98 Å². The molecular formula is C21H22N2OS. The van der Waals surface area contributed by atoms with Gasteiger partial charge in [0.05, 0.1) is 5.69 Å². The van der Waals surface area contributed by atoms with Crippen LogP contribution < -0.4 is 10.1 Å². The highest BCUT2D eigenvalue weighted by molar-refractivity contribution is 7.13. The molecule has 3 aromatic rings. The van der Waals surface area contributed by atoms with Gasteiger partial charge in [0.15, 0.2) is 5.06 Å². The zero-order chi connectivity index (χ0) is 17.1. The molecule has 0 amide bonds. The Morgan fingerprint density at radius 3 is 3.00 bits per heavy atom. The fourth-order valence-electron chi connectivity index (χ4n) is 3.46. The molecule has 1 aliphatic rings. The van der Waals surface area contributed by atoms with E-state index < -0.39 is 0 Å². The van der Waals surface area contributed by atoms with Crippen LogP contribution in [0.5, 0.6) is 10.8 Å². The molecule has 0 bridgehead atoms. The quantitative estimate of drug-likeness (QED) is 0.634. The molecule has 4 heteroatoms. The van der Waals surface area contributed by atoms with Crippen LogP contribution in [0.2, 0.25) is 0 Å². The van der Waals surface area contributed by atoms with Crippen LogP contribution in [0, 0.1) is 6.92 Å². The van der Waals surface area contributed by atoms with Crippen LogP contribution in [0.25, 0.3) is 0 Å². The van der Waals surface area contributed by atoms with Crippen molar-refractivity contribution in [2.24, 2.45) is 0 Å². The summed E-state index contributed by atoms with van der Waals surface area (Å²) in [6, 6.07) is 14.7. The Hall–Kier alpha value is -2.33. The Bertz CT molecular complexity index is 844. The summed E-state index contributed by atoms with van der Waals surface area (Å²) < 4.78 is 6.02. The molecule has 3 nitrogen and oxygen atoms in total. The average Bonchev–Trinajstić information content (AvgIpc) is 3.05. The van der Waals surface area contributed by atoms with E-state index in [1.165, 1.54) is 28.8 Å². The topological polar surface area (TPSA) is 34.1 Å². The van der Waals surface area contributed by atoms with E-state index in [9.17, 15) is 0 Å². The molecule has 1 aromatic carbocycles. The highest BCUT2D eigenvalue weighted by Crippen LogP contribution is 2.36. The Kier molecular flexibility index (Phi) is 4.70. The van der Waals surface area contributed by atoms with Crippen LogP contribution in [0.15, 0.2) is 54.9 Å². The second-order valence-electron chi connectivity index (χ2n) is 6.54. The Balaban J connectivity index is 1.47. The maximum absolute atomic E-state index is 6.02. The van der Waals surface area contributed by atoms with Crippen molar-refractivity contribution in [2.75, 3.05) is 11.9 Å². The highest BCUT2D eigenvalue weighted by Gasteiger charge is 2.20. The summed E-state index contributed by atoms with van der Waals surface area (Å²) in [7, 11) is 0. The first kappa shape index (κ1) is 16.2. The number of hydrogen-bond acceptors (Lipinski definition) is 4. The van der Waals surface area contributed by atoms with Crippen LogP contribution in [0.1, 0.15) is 34.8 Å². The lowest BCUT2D eigenvalue weighted by Crippen LogP contribution is -2.18. The summed E-state index contributed by atoms with van der Waals surface area (Å²) in [5.41, 5.74) is 3.97. The largest absolute Gasteiger partial charge is 0.447 e. The van der Waals surface area contributed by atoms with Crippen LogP contribution in [-0.2, 0) is 6.42 Å². The summed E-state index contributed by atoms with van der Waals surface area (Å²) >= 11 is 1.69. The highest BCUT2D eigenvalue weighted by atomic mass is 32.1. The second-order valence-corrected chi connectivity index (χ2v) is 7.79. The van der Waals surface area contributed by atoms with E-state index in [-0.39, 0.29) is 0 Å². The van der Waals surface area contributed by atoms with E-state index in [1.54, 1.807) is 17.5 Å². The first-order valence-corrected chi connectivity index (χ1v) is 9.60. The number of thiophene rings is 1. The molecule has 0 saturated carbocycles. The van der Waals surface area contributed by atoms with E-state index >= 15 is 0 Å². The van der Waals surface area contributed by atoms with Gasteiger partial charge in [0.25, 0.3) is 0 Å². The number of fused-ring (bicyclic) bond motifs is 1. The zero-order valence-corrected chi connectivity index (χ0v) is 15.2. The van der Waals surface area contributed by atoms with Crippen LogP contribution in [0.4, 0.5) is 5.69 Å². The molecule has 0 spiro atoms. The fraction of sp³-hybridized carbons (Fsp3) is 0.286. The molecule has 2 aromatic heterocycles. The van der Waals surface area contributed by atoms with Crippen LogP contribution in [0.3, 0.4) is 0 Å². The summed E-state index contributed by atoms with van der Waals surface area (Å²) in [4.78, 5) is 5.44. The normalized spacial score (nSPS) is 16.3. The smallest absolute Gasteiger partial charge is 0.181 e. The number of hydrogen-bond donors (Lipinski definition) is 1. The van der Waals surface area contributed by atoms with Gasteiger partial charge in [-0.3, -0.25) is 4.98 Å². The predicted octanol–water partition coefficient (Wildman–Crippen LogP) is 5.78.